The number of amides is 2. The highest BCUT2D eigenvalue weighted by atomic mass is 16.5. The summed E-state index contributed by atoms with van der Waals surface area (Å²) in [6.07, 6.45) is 2.97. The molecular weight excluding hydrogens is 284 g/mol. The van der Waals surface area contributed by atoms with Crippen LogP contribution in [-0.4, -0.2) is 29.2 Å². The number of ether oxygens (including phenoxy) is 1. The first kappa shape index (κ1) is 15.6. The molecule has 1 aromatic heterocycles. The fraction of sp³-hybridized carbons (Fsp3) is 0.267. The molecule has 7 heteroatoms. The third-order valence-electron chi connectivity index (χ3n) is 3.06. The van der Waals surface area contributed by atoms with Gasteiger partial charge >= 0.3 is 6.03 Å². The molecule has 0 aliphatic carbocycles. The standard InChI is InChI=1S/C15H18N4O3/c1-11-9-16-10-19(14(11)20)8-7-17-15(21)18-12-3-5-13(22-2)6-4-12/h3-6,9-10H,7-8H2,1-2H3,(H2,17,18,21). The van der Waals surface area contributed by atoms with Gasteiger partial charge in [0.25, 0.3) is 5.56 Å². The number of benzene rings is 1. The van der Waals surface area contributed by atoms with Gasteiger partial charge in [0.05, 0.1) is 13.4 Å². The van der Waals surface area contributed by atoms with Crippen LogP contribution < -0.4 is 20.9 Å². The molecule has 0 saturated carbocycles. The predicted octanol–water partition coefficient (Wildman–Crippen LogP) is 1.38. The molecule has 1 aromatic carbocycles. The maximum Gasteiger partial charge on any atom is 0.319 e. The lowest BCUT2D eigenvalue weighted by molar-refractivity contribution is 0.251. The SMILES string of the molecule is COc1ccc(NC(=O)NCCn2cncc(C)c2=O)cc1. The number of carbonyl (C=O) groups is 1. The third kappa shape index (κ3) is 4.08. The number of rotatable bonds is 5. The summed E-state index contributed by atoms with van der Waals surface area (Å²) in [5.41, 5.74) is 1.13. The van der Waals surface area contributed by atoms with Gasteiger partial charge in [0.15, 0.2) is 0 Å². The molecule has 0 radical (unpaired) electrons. The van der Waals surface area contributed by atoms with E-state index in [1.54, 1.807) is 38.3 Å². The number of hydrogen-bond donors (Lipinski definition) is 2. The topological polar surface area (TPSA) is 85.2 Å². The van der Waals surface area contributed by atoms with Crippen molar-refractivity contribution in [3.63, 3.8) is 0 Å². The van der Waals surface area contributed by atoms with Crippen LogP contribution in [0.3, 0.4) is 0 Å². The summed E-state index contributed by atoms with van der Waals surface area (Å²) in [6, 6.07) is 6.67. The summed E-state index contributed by atoms with van der Waals surface area (Å²) in [5.74, 6) is 0.720. The number of nitrogens with one attached hydrogen (secondary N) is 2. The molecule has 0 atom stereocenters. The van der Waals surface area contributed by atoms with Crippen LogP contribution in [0.5, 0.6) is 5.75 Å². The highest BCUT2D eigenvalue weighted by Crippen LogP contribution is 2.14. The Bertz CT molecular complexity index is 695. The molecule has 2 amide bonds. The number of anilines is 1. The molecule has 0 bridgehead atoms. The van der Waals surface area contributed by atoms with Crippen LogP contribution in [0.1, 0.15) is 5.56 Å². The van der Waals surface area contributed by atoms with Gasteiger partial charge in [0.1, 0.15) is 5.75 Å². The van der Waals surface area contributed by atoms with Crippen molar-refractivity contribution in [2.45, 2.75) is 13.5 Å². The first-order chi connectivity index (χ1) is 10.6. The summed E-state index contributed by atoms with van der Waals surface area (Å²) in [4.78, 5) is 27.5. The number of carbonyl (C=O) groups excluding carboxylic acids is 1. The number of hydrogen-bond acceptors (Lipinski definition) is 4. The van der Waals surface area contributed by atoms with Crippen molar-refractivity contribution in [2.24, 2.45) is 0 Å². The zero-order valence-corrected chi connectivity index (χ0v) is 12.5. The van der Waals surface area contributed by atoms with Crippen LogP contribution in [0.25, 0.3) is 0 Å². The Kier molecular flexibility index (Phi) is 5.13. The molecule has 2 rings (SSSR count). The average Bonchev–Trinajstić information content (AvgIpc) is 2.52. The second kappa shape index (κ2) is 7.26. The Morgan fingerprint density at radius 1 is 1.32 bits per heavy atom. The van der Waals surface area contributed by atoms with Gasteiger partial charge in [-0.3, -0.25) is 9.36 Å². The molecule has 2 N–H and O–H groups in total. The van der Waals surface area contributed by atoms with Crippen LogP contribution in [0, 0.1) is 6.92 Å². The Morgan fingerprint density at radius 2 is 2.05 bits per heavy atom. The minimum absolute atomic E-state index is 0.104. The van der Waals surface area contributed by atoms with Gasteiger partial charge in [-0.05, 0) is 31.2 Å². The van der Waals surface area contributed by atoms with Gasteiger partial charge in [0.2, 0.25) is 0 Å². The normalized spacial score (nSPS) is 10.1. The van der Waals surface area contributed by atoms with Crippen LogP contribution >= 0.6 is 0 Å². The molecule has 116 valence electrons. The van der Waals surface area contributed by atoms with Crippen LogP contribution in [-0.2, 0) is 6.54 Å². The molecule has 0 saturated heterocycles. The van der Waals surface area contributed by atoms with E-state index in [9.17, 15) is 9.59 Å². The zero-order chi connectivity index (χ0) is 15.9. The fourth-order valence-corrected chi connectivity index (χ4v) is 1.86. The van der Waals surface area contributed by atoms with E-state index in [1.807, 2.05) is 0 Å². The number of methoxy groups -OCH3 is 1. The number of nitrogens with zero attached hydrogens (tertiary/aromatic N) is 2. The van der Waals surface area contributed by atoms with Crippen LogP contribution in [0.4, 0.5) is 10.5 Å². The lowest BCUT2D eigenvalue weighted by atomic mass is 10.3. The second-order valence-electron chi connectivity index (χ2n) is 4.68. The maximum absolute atomic E-state index is 11.8. The zero-order valence-electron chi connectivity index (χ0n) is 12.5. The van der Waals surface area contributed by atoms with E-state index in [-0.39, 0.29) is 11.6 Å². The van der Waals surface area contributed by atoms with E-state index in [0.29, 0.717) is 24.3 Å². The molecule has 7 nitrogen and oxygen atoms in total. The van der Waals surface area contributed by atoms with Gasteiger partial charge in [-0.2, -0.15) is 0 Å². The van der Waals surface area contributed by atoms with Crippen molar-refractivity contribution in [1.29, 1.82) is 0 Å². The Morgan fingerprint density at radius 3 is 2.73 bits per heavy atom. The molecule has 0 aliphatic heterocycles. The van der Waals surface area contributed by atoms with Gasteiger partial charge < -0.3 is 15.4 Å². The Balaban J connectivity index is 1.82. The second-order valence-corrected chi connectivity index (χ2v) is 4.68. The molecule has 0 fully saturated rings. The lowest BCUT2D eigenvalue weighted by Gasteiger charge is -2.09. The van der Waals surface area contributed by atoms with E-state index in [2.05, 4.69) is 15.6 Å². The van der Waals surface area contributed by atoms with E-state index in [4.69, 9.17) is 4.74 Å². The molecule has 0 unspecified atom stereocenters. The highest BCUT2D eigenvalue weighted by molar-refractivity contribution is 5.89. The van der Waals surface area contributed by atoms with Crippen molar-refractivity contribution < 1.29 is 9.53 Å². The maximum atomic E-state index is 11.8. The van der Waals surface area contributed by atoms with Crippen molar-refractivity contribution in [3.05, 3.63) is 52.7 Å². The first-order valence-corrected chi connectivity index (χ1v) is 6.80. The molecule has 2 aromatic rings. The monoisotopic (exact) mass is 302 g/mol. The lowest BCUT2D eigenvalue weighted by Crippen LogP contribution is -2.34. The molecule has 0 spiro atoms. The fourth-order valence-electron chi connectivity index (χ4n) is 1.86. The molecular formula is C15H18N4O3. The minimum Gasteiger partial charge on any atom is -0.497 e. The minimum atomic E-state index is -0.334. The van der Waals surface area contributed by atoms with Crippen molar-refractivity contribution in [3.8, 4) is 5.75 Å². The molecule has 0 aliphatic rings. The Labute approximate surface area is 127 Å². The van der Waals surface area contributed by atoms with Gasteiger partial charge in [0, 0.05) is 30.5 Å². The van der Waals surface area contributed by atoms with E-state index >= 15 is 0 Å². The highest BCUT2D eigenvalue weighted by Gasteiger charge is 2.03. The van der Waals surface area contributed by atoms with Gasteiger partial charge in [-0.25, -0.2) is 9.78 Å². The summed E-state index contributed by atoms with van der Waals surface area (Å²) >= 11 is 0. The van der Waals surface area contributed by atoms with E-state index in [1.165, 1.54) is 17.1 Å². The number of aromatic nitrogens is 2. The summed E-state index contributed by atoms with van der Waals surface area (Å²) in [6.45, 7) is 2.40. The summed E-state index contributed by atoms with van der Waals surface area (Å²) < 4.78 is 6.50. The first-order valence-electron chi connectivity index (χ1n) is 6.80. The van der Waals surface area contributed by atoms with Gasteiger partial charge in [-0.1, -0.05) is 0 Å². The Hall–Kier alpha value is -2.83. The van der Waals surface area contributed by atoms with E-state index < -0.39 is 0 Å². The van der Waals surface area contributed by atoms with Crippen LogP contribution in [0.15, 0.2) is 41.6 Å². The van der Waals surface area contributed by atoms with Crippen molar-refractivity contribution in [2.75, 3.05) is 19.0 Å². The smallest absolute Gasteiger partial charge is 0.319 e. The van der Waals surface area contributed by atoms with Gasteiger partial charge in [-0.15, -0.1) is 0 Å². The largest absolute Gasteiger partial charge is 0.497 e. The number of urea groups is 1. The van der Waals surface area contributed by atoms with Crippen LogP contribution in [0.2, 0.25) is 0 Å². The molecule has 1 heterocycles. The van der Waals surface area contributed by atoms with Crippen molar-refractivity contribution in [1.82, 2.24) is 14.9 Å². The third-order valence-corrected chi connectivity index (χ3v) is 3.06. The average molecular weight is 302 g/mol. The summed E-state index contributed by atoms with van der Waals surface area (Å²) in [7, 11) is 1.58. The molecule has 22 heavy (non-hydrogen) atoms. The summed E-state index contributed by atoms with van der Waals surface area (Å²) in [5, 5.41) is 5.38. The quantitative estimate of drug-likeness (QED) is 0.874. The van der Waals surface area contributed by atoms with Crippen molar-refractivity contribution >= 4 is 11.7 Å². The van der Waals surface area contributed by atoms with E-state index in [0.717, 1.165) is 5.75 Å². The predicted molar refractivity (Wildman–Crippen MR) is 83.2 cm³/mol. The number of aryl methyl sites for hydroxylation is 1.